The van der Waals surface area contributed by atoms with Gasteiger partial charge in [0.05, 0.1) is 11.0 Å². The molecule has 0 unspecified atom stereocenters. The van der Waals surface area contributed by atoms with Crippen molar-refractivity contribution in [3.05, 3.63) is 45.0 Å². The van der Waals surface area contributed by atoms with Crippen LogP contribution in [0.3, 0.4) is 0 Å². The molecule has 0 spiro atoms. The predicted molar refractivity (Wildman–Crippen MR) is 87.8 cm³/mol. The van der Waals surface area contributed by atoms with E-state index in [0.29, 0.717) is 17.6 Å². The highest BCUT2D eigenvalue weighted by Gasteiger charge is 2.34. The number of hydrogen-bond acceptors (Lipinski definition) is 5. The van der Waals surface area contributed by atoms with Crippen LogP contribution in [0.5, 0.6) is 0 Å². The third kappa shape index (κ3) is 3.13. The van der Waals surface area contributed by atoms with Crippen LogP contribution in [0.25, 0.3) is 0 Å². The fourth-order valence-corrected chi connectivity index (χ4v) is 5.84. The van der Waals surface area contributed by atoms with Crippen molar-refractivity contribution >= 4 is 43.0 Å². The number of thiophene rings is 1. The van der Waals surface area contributed by atoms with Gasteiger partial charge in [0.2, 0.25) is 0 Å². The lowest BCUT2D eigenvalue weighted by Crippen LogP contribution is -2.33. The van der Waals surface area contributed by atoms with E-state index in [9.17, 15) is 13.2 Å². The first-order valence-corrected chi connectivity index (χ1v) is 10.2. The molecule has 5 nitrogen and oxygen atoms in total. The van der Waals surface area contributed by atoms with E-state index in [-0.39, 0.29) is 24.0 Å². The molecular weight excluding hydrogens is 390 g/mol. The number of furan rings is 1. The normalized spacial score (nSPS) is 21.5. The van der Waals surface area contributed by atoms with Crippen molar-refractivity contribution in [3.63, 3.8) is 0 Å². The largest absolute Gasteiger partial charge is 0.444 e. The molecule has 1 aliphatic rings. The molecule has 0 aromatic carbocycles. The van der Waals surface area contributed by atoms with Crippen LogP contribution < -0.4 is 0 Å². The maximum Gasteiger partial charge on any atom is 0.289 e. The smallest absolute Gasteiger partial charge is 0.289 e. The highest BCUT2D eigenvalue weighted by Crippen LogP contribution is 2.32. The molecule has 0 saturated carbocycles. The van der Waals surface area contributed by atoms with E-state index in [2.05, 4.69) is 15.9 Å². The Hall–Kier alpha value is -1.12. The van der Waals surface area contributed by atoms with E-state index in [1.807, 2.05) is 17.5 Å². The Bertz CT molecular complexity index is 767. The summed E-state index contributed by atoms with van der Waals surface area (Å²) in [7, 11) is -3.25. The van der Waals surface area contributed by atoms with Gasteiger partial charge in [0.25, 0.3) is 5.91 Å². The van der Waals surface area contributed by atoms with Gasteiger partial charge in [-0.2, -0.15) is 0 Å². The van der Waals surface area contributed by atoms with E-state index in [0.717, 1.165) is 4.88 Å². The van der Waals surface area contributed by atoms with Crippen LogP contribution >= 0.6 is 27.3 Å². The zero-order valence-corrected chi connectivity index (χ0v) is 14.8. The summed E-state index contributed by atoms with van der Waals surface area (Å²) in [5, 5.41) is 1.35. The maximum atomic E-state index is 12.4. The summed E-state index contributed by atoms with van der Waals surface area (Å²) in [6.07, 6.45) is 0.413. The Morgan fingerprint density at radius 3 is 2.77 bits per heavy atom. The van der Waals surface area contributed by atoms with Gasteiger partial charge in [-0.25, -0.2) is 8.42 Å². The quantitative estimate of drug-likeness (QED) is 0.772. The number of sulfone groups is 1. The average molecular weight is 404 g/mol. The summed E-state index contributed by atoms with van der Waals surface area (Å²) >= 11 is 4.60. The van der Waals surface area contributed by atoms with Gasteiger partial charge in [-0.05, 0) is 45.9 Å². The standard InChI is InChI=1S/C14H14BrNO4S2/c15-13-4-3-10(20-13)14(17)16-6-5-12(11-2-1-8-21-11)22(18,19)9-7-16/h1-4,8,12H,5-7,9H2/t12-/m0/s1. The molecule has 2 aromatic heterocycles. The number of nitrogens with zero attached hydrogens (tertiary/aromatic N) is 1. The van der Waals surface area contributed by atoms with Crippen molar-refractivity contribution in [1.29, 1.82) is 0 Å². The third-order valence-electron chi connectivity index (χ3n) is 3.67. The molecule has 0 N–H and O–H groups in total. The van der Waals surface area contributed by atoms with Gasteiger partial charge in [0.1, 0.15) is 0 Å². The molecule has 0 aliphatic carbocycles. The number of carbonyl (C=O) groups excluding carboxylic acids is 1. The lowest BCUT2D eigenvalue weighted by molar-refractivity contribution is 0.0733. The molecule has 1 aliphatic heterocycles. The minimum Gasteiger partial charge on any atom is -0.444 e. The molecule has 3 heterocycles. The second-order valence-corrected chi connectivity index (χ2v) is 9.12. The van der Waals surface area contributed by atoms with E-state index >= 15 is 0 Å². The van der Waals surface area contributed by atoms with Crippen molar-refractivity contribution in [3.8, 4) is 0 Å². The first-order chi connectivity index (χ1) is 10.5. The molecule has 0 bridgehead atoms. The molecule has 1 amide bonds. The highest BCUT2D eigenvalue weighted by molar-refractivity contribution is 9.10. The number of amides is 1. The summed E-state index contributed by atoms with van der Waals surface area (Å²) in [6.45, 7) is 0.598. The van der Waals surface area contributed by atoms with Crippen molar-refractivity contribution < 1.29 is 17.6 Å². The average Bonchev–Trinajstić information content (AvgIpc) is 3.10. The van der Waals surface area contributed by atoms with Gasteiger partial charge in [-0.3, -0.25) is 4.79 Å². The van der Waals surface area contributed by atoms with Crippen LogP contribution in [0, 0.1) is 0 Å². The minimum absolute atomic E-state index is 0.0246. The molecule has 2 aromatic rings. The summed E-state index contributed by atoms with van der Waals surface area (Å²) in [6, 6.07) is 6.93. The van der Waals surface area contributed by atoms with Crippen LogP contribution in [0.2, 0.25) is 0 Å². The first kappa shape index (κ1) is 15.8. The fourth-order valence-electron chi connectivity index (χ4n) is 2.53. The molecule has 22 heavy (non-hydrogen) atoms. The van der Waals surface area contributed by atoms with Gasteiger partial charge in [-0.1, -0.05) is 6.07 Å². The van der Waals surface area contributed by atoms with Crippen molar-refractivity contribution in [2.45, 2.75) is 11.7 Å². The zero-order chi connectivity index (χ0) is 15.7. The summed E-state index contributed by atoms with van der Waals surface area (Å²) in [5.41, 5.74) is 0. The summed E-state index contributed by atoms with van der Waals surface area (Å²) in [4.78, 5) is 14.8. The predicted octanol–water partition coefficient (Wildman–Crippen LogP) is 3.11. The van der Waals surface area contributed by atoms with Crippen molar-refractivity contribution in [2.75, 3.05) is 18.8 Å². The van der Waals surface area contributed by atoms with Crippen LogP contribution in [0.1, 0.15) is 27.1 Å². The Labute approximate surface area is 141 Å². The van der Waals surface area contributed by atoms with E-state index in [1.165, 1.54) is 11.3 Å². The van der Waals surface area contributed by atoms with Gasteiger partial charge < -0.3 is 9.32 Å². The SMILES string of the molecule is O=C(c1ccc(Br)o1)N1CC[C@@H](c2cccs2)S(=O)(=O)CC1. The second-order valence-electron chi connectivity index (χ2n) is 5.06. The molecule has 118 valence electrons. The van der Waals surface area contributed by atoms with Crippen LogP contribution in [-0.4, -0.2) is 38.1 Å². The van der Waals surface area contributed by atoms with Crippen molar-refractivity contribution in [2.24, 2.45) is 0 Å². The monoisotopic (exact) mass is 403 g/mol. The molecule has 1 fully saturated rings. The second kappa shape index (κ2) is 6.17. The minimum atomic E-state index is -3.25. The first-order valence-electron chi connectivity index (χ1n) is 6.77. The van der Waals surface area contributed by atoms with Crippen LogP contribution in [-0.2, 0) is 9.84 Å². The molecule has 1 atom stereocenters. The van der Waals surface area contributed by atoms with Gasteiger partial charge in [0.15, 0.2) is 20.3 Å². The highest BCUT2D eigenvalue weighted by atomic mass is 79.9. The molecule has 8 heteroatoms. The van der Waals surface area contributed by atoms with E-state index in [1.54, 1.807) is 17.0 Å². The molecular formula is C14H14BrNO4S2. The Kier molecular flexibility index (Phi) is 4.42. The van der Waals surface area contributed by atoms with E-state index in [4.69, 9.17) is 4.42 Å². The Balaban J connectivity index is 1.80. The maximum absolute atomic E-state index is 12.4. The number of halogens is 1. The topological polar surface area (TPSA) is 67.6 Å². The number of carbonyl (C=O) groups is 1. The number of rotatable bonds is 2. The Morgan fingerprint density at radius 1 is 1.32 bits per heavy atom. The fraction of sp³-hybridized carbons (Fsp3) is 0.357. The van der Waals surface area contributed by atoms with Crippen molar-refractivity contribution in [1.82, 2.24) is 4.90 Å². The van der Waals surface area contributed by atoms with Gasteiger partial charge in [-0.15, -0.1) is 11.3 Å². The zero-order valence-electron chi connectivity index (χ0n) is 11.6. The van der Waals surface area contributed by atoms with E-state index < -0.39 is 15.1 Å². The number of hydrogen-bond donors (Lipinski definition) is 0. The van der Waals surface area contributed by atoms with Gasteiger partial charge in [0, 0.05) is 18.0 Å². The Morgan fingerprint density at radius 2 is 2.14 bits per heavy atom. The summed E-state index contributed by atoms with van der Waals surface area (Å²) < 4.78 is 30.6. The third-order valence-corrected chi connectivity index (χ3v) is 7.34. The molecule has 3 rings (SSSR count). The molecule has 1 saturated heterocycles. The van der Waals surface area contributed by atoms with Gasteiger partial charge >= 0.3 is 0 Å². The molecule has 0 radical (unpaired) electrons. The van der Waals surface area contributed by atoms with Crippen LogP contribution in [0.15, 0.2) is 38.7 Å². The lowest BCUT2D eigenvalue weighted by Gasteiger charge is -2.18. The summed E-state index contributed by atoms with van der Waals surface area (Å²) in [5.74, 6) is -0.0741. The van der Waals surface area contributed by atoms with Crippen LogP contribution in [0.4, 0.5) is 0 Å². The lowest BCUT2D eigenvalue weighted by atomic mass is 10.2.